The van der Waals surface area contributed by atoms with E-state index in [0.29, 0.717) is 0 Å². The lowest BCUT2D eigenvalue weighted by molar-refractivity contribution is 0.321. The van der Waals surface area contributed by atoms with E-state index in [4.69, 9.17) is 0 Å². The molecule has 0 aliphatic heterocycles. The van der Waals surface area contributed by atoms with Crippen LogP contribution in [0.5, 0.6) is 0 Å². The smallest absolute Gasteiger partial charge is 0.00408 e. The van der Waals surface area contributed by atoms with Gasteiger partial charge in [0.25, 0.3) is 0 Å². The Hall–Kier alpha value is -0.300. The minimum atomic E-state index is 0.760. The number of hydrogen-bond acceptors (Lipinski definition) is 1. The summed E-state index contributed by atoms with van der Waals surface area (Å²) in [7, 11) is 4.32. The summed E-state index contributed by atoms with van der Waals surface area (Å²) >= 11 is 0. The van der Waals surface area contributed by atoms with E-state index in [1.165, 1.54) is 50.6 Å². The van der Waals surface area contributed by atoms with Crippen LogP contribution in [-0.2, 0) is 0 Å². The van der Waals surface area contributed by atoms with Gasteiger partial charge in [-0.1, -0.05) is 31.4 Å². The maximum atomic E-state index is 4.22. The Morgan fingerprint density at radius 3 is 2.62 bits per heavy atom. The van der Waals surface area contributed by atoms with Crippen molar-refractivity contribution in [3.8, 4) is 0 Å². The van der Waals surface area contributed by atoms with Gasteiger partial charge in [-0.15, -0.1) is 0 Å². The third-order valence-electron chi connectivity index (χ3n) is 2.96. The van der Waals surface area contributed by atoms with Crippen molar-refractivity contribution in [3.05, 3.63) is 12.2 Å². The molecule has 0 heterocycles. The normalized spacial score (nSPS) is 25.8. The van der Waals surface area contributed by atoms with E-state index in [-0.39, 0.29) is 0 Å². The summed E-state index contributed by atoms with van der Waals surface area (Å²) in [6.07, 6.45) is 8.22. The van der Waals surface area contributed by atoms with Crippen LogP contribution in [0, 0.1) is 5.92 Å². The van der Waals surface area contributed by atoms with Crippen LogP contribution in [0.4, 0.5) is 0 Å². The second kappa shape index (κ2) is 5.43. The molecule has 0 radical (unpaired) electrons. The van der Waals surface area contributed by atoms with E-state index in [2.05, 4.69) is 25.6 Å². The molecular weight excluding hydrogens is 158 g/mol. The molecule has 1 rings (SSSR count). The van der Waals surface area contributed by atoms with Crippen molar-refractivity contribution in [1.29, 1.82) is 0 Å². The van der Waals surface area contributed by atoms with Crippen LogP contribution >= 0.6 is 0 Å². The second-order valence-electron chi connectivity index (χ2n) is 4.57. The highest BCUT2D eigenvalue weighted by atomic mass is 15.1. The van der Waals surface area contributed by atoms with Crippen molar-refractivity contribution in [2.45, 2.75) is 38.5 Å². The standard InChI is InChI=1S/C12H23N/c1-11-8-6-4-5-7-9-12(11)10-13(2)3/h12H,1,4-10H2,2-3H3/t12-/m1/s1. The minimum absolute atomic E-state index is 0.760. The summed E-state index contributed by atoms with van der Waals surface area (Å²) < 4.78 is 0. The fourth-order valence-electron chi connectivity index (χ4n) is 2.17. The van der Waals surface area contributed by atoms with E-state index < -0.39 is 0 Å². The van der Waals surface area contributed by atoms with Crippen LogP contribution in [0.1, 0.15) is 38.5 Å². The first kappa shape index (κ1) is 10.8. The van der Waals surface area contributed by atoms with Crippen molar-refractivity contribution < 1.29 is 0 Å². The topological polar surface area (TPSA) is 3.24 Å². The summed E-state index contributed by atoms with van der Waals surface area (Å²) in [5.74, 6) is 0.760. The molecule has 1 saturated carbocycles. The van der Waals surface area contributed by atoms with Gasteiger partial charge in [0.15, 0.2) is 0 Å². The average Bonchev–Trinajstić information content (AvgIpc) is 2.04. The molecule has 1 heteroatoms. The third kappa shape index (κ3) is 3.95. The monoisotopic (exact) mass is 181 g/mol. The van der Waals surface area contributed by atoms with E-state index in [1.807, 2.05) is 0 Å². The van der Waals surface area contributed by atoms with Crippen LogP contribution in [0.15, 0.2) is 12.2 Å². The molecule has 0 spiro atoms. The molecule has 1 fully saturated rings. The predicted molar refractivity (Wildman–Crippen MR) is 58.9 cm³/mol. The Morgan fingerprint density at radius 1 is 1.23 bits per heavy atom. The lowest BCUT2D eigenvalue weighted by atomic mass is 9.87. The zero-order chi connectivity index (χ0) is 9.68. The van der Waals surface area contributed by atoms with Crippen molar-refractivity contribution in [3.63, 3.8) is 0 Å². The molecule has 13 heavy (non-hydrogen) atoms. The van der Waals surface area contributed by atoms with E-state index in [9.17, 15) is 0 Å². The van der Waals surface area contributed by atoms with Crippen molar-refractivity contribution in [1.82, 2.24) is 4.90 Å². The van der Waals surface area contributed by atoms with Gasteiger partial charge in [0, 0.05) is 6.54 Å². The van der Waals surface area contributed by atoms with E-state index >= 15 is 0 Å². The molecule has 76 valence electrons. The zero-order valence-corrected chi connectivity index (χ0v) is 9.18. The summed E-state index contributed by atoms with van der Waals surface area (Å²) in [6, 6.07) is 0. The fourth-order valence-corrected chi connectivity index (χ4v) is 2.17. The van der Waals surface area contributed by atoms with Crippen molar-refractivity contribution in [2.75, 3.05) is 20.6 Å². The van der Waals surface area contributed by atoms with Crippen molar-refractivity contribution in [2.24, 2.45) is 5.92 Å². The van der Waals surface area contributed by atoms with Crippen LogP contribution in [-0.4, -0.2) is 25.5 Å². The highest BCUT2D eigenvalue weighted by Gasteiger charge is 2.15. The maximum absolute atomic E-state index is 4.22. The van der Waals surface area contributed by atoms with Gasteiger partial charge in [0.1, 0.15) is 0 Å². The molecule has 0 bridgehead atoms. The molecule has 0 unspecified atom stereocenters. The average molecular weight is 181 g/mol. The van der Waals surface area contributed by atoms with Gasteiger partial charge in [0.05, 0.1) is 0 Å². The van der Waals surface area contributed by atoms with Gasteiger partial charge < -0.3 is 4.90 Å². The third-order valence-corrected chi connectivity index (χ3v) is 2.96. The highest BCUT2D eigenvalue weighted by molar-refractivity contribution is 5.02. The van der Waals surface area contributed by atoms with Crippen LogP contribution in [0.3, 0.4) is 0 Å². The maximum Gasteiger partial charge on any atom is 0.00408 e. The predicted octanol–water partition coefficient (Wildman–Crippen LogP) is 3.07. The van der Waals surface area contributed by atoms with Gasteiger partial charge in [-0.2, -0.15) is 0 Å². The second-order valence-corrected chi connectivity index (χ2v) is 4.57. The van der Waals surface area contributed by atoms with Crippen LogP contribution in [0.2, 0.25) is 0 Å². The molecule has 1 atom stereocenters. The van der Waals surface area contributed by atoms with Crippen LogP contribution in [0.25, 0.3) is 0 Å². The zero-order valence-electron chi connectivity index (χ0n) is 9.18. The molecule has 1 aliphatic carbocycles. The summed E-state index contributed by atoms with van der Waals surface area (Å²) in [4.78, 5) is 2.29. The lowest BCUT2D eigenvalue weighted by Gasteiger charge is -2.25. The molecule has 0 N–H and O–H groups in total. The largest absolute Gasteiger partial charge is 0.309 e. The SMILES string of the molecule is C=C1CCCCCC[C@@H]1CN(C)C. The van der Waals surface area contributed by atoms with Crippen LogP contribution < -0.4 is 0 Å². The first-order chi connectivity index (χ1) is 6.20. The Labute approximate surface area is 82.8 Å². The summed E-state index contributed by atoms with van der Waals surface area (Å²) in [6.45, 7) is 5.42. The van der Waals surface area contributed by atoms with Gasteiger partial charge in [-0.05, 0) is 39.3 Å². The van der Waals surface area contributed by atoms with Gasteiger partial charge in [-0.25, -0.2) is 0 Å². The molecule has 0 aromatic rings. The number of rotatable bonds is 2. The molecule has 1 aliphatic rings. The molecule has 0 aromatic heterocycles. The minimum Gasteiger partial charge on any atom is -0.309 e. The summed E-state index contributed by atoms with van der Waals surface area (Å²) in [5, 5.41) is 0. The van der Waals surface area contributed by atoms with Gasteiger partial charge in [-0.3, -0.25) is 0 Å². The first-order valence-corrected chi connectivity index (χ1v) is 5.52. The van der Waals surface area contributed by atoms with Gasteiger partial charge >= 0.3 is 0 Å². The lowest BCUT2D eigenvalue weighted by Crippen LogP contribution is -2.23. The molecule has 1 nitrogen and oxygen atoms in total. The molecule has 0 saturated heterocycles. The molecule has 0 amide bonds. The Kier molecular flexibility index (Phi) is 4.51. The Morgan fingerprint density at radius 2 is 1.92 bits per heavy atom. The van der Waals surface area contributed by atoms with E-state index in [0.717, 1.165) is 5.92 Å². The quantitative estimate of drug-likeness (QED) is 0.592. The first-order valence-electron chi connectivity index (χ1n) is 5.52. The fraction of sp³-hybridized carbons (Fsp3) is 0.833. The molecule has 0 aromatic carbocycles. The molecular formula is C12H23N. The summed E-state index contributed by atoms with van der Waals surface area (Å²) in [5.41, 5.74) is 1.49. The van der Waals surface area contributed by atoms with Crippen molar-refractivity contribution >= 4 is 0 Å². The highest BCUT2D eigenvalue weighted by Crippen LogP contribution is 2.26. The number of hydrogen-bond donors (Lipinski definition) is 0. The van der Waals surface area contributed by atoms with Gasteiger partial charge in [0.2, 0.25) is 0 Å². The van der Waals surface area contributed by atoms with E-state index in [1.54, 1.807) is 0 Å². The Bertz CT molecular complexity index is 161. The number of nitrogens with zero attached hydrogens (tertiary/aromatic N) is 1. The Balaban J connectivity index is 2.41.